The molecule has 2 atom stereocenters. The molecule has 2 aromatic rings. The summed E-state index contributed by atoms with van der Waals surface area (Å²) in [5, 5.41) is 18.6. The molecule has 0 spiro atoms. The van der Waals surface area contributed by atoms with E-state index in [1.54, 1.807) is 0 Å². The minimum absolute atomic E-state index is 0.516. The van der Waals surface area contributed by atoms with E-state index in [2.05, 4.69) is 53.0 Å². The Labute approximate surface area is 215 Å². The van der Waals surface area contributed by atoms with Gasteiger partial charge in [-0.25, -0.2) is 9.59 Å². The first kappa shape index (κ1) is 32.8. The molecule has 1 saturated heterocycles. The molecule has 3 rings (SSSR count). The van der Waals surface area contributed by atoms with Crippen molar-refractivity contribution in [1.29, 1.82) is 0 Å². The second kappa shape index (κ2) is 14.1. The third-order valence-electron chi connectivity index (χ3n) is 5.76. The lowest BCUT2D eigenvalue weighted by Crippen LogP contribution is -2.47. The van der Waals surface area contributed by atoms with E-state index in [1.807, 2.05) is 36.4 Å². The SMILES string of the molecule is CC(C)N(C)[C@@H]1CCN(Cc2cccnc2)[C@H]1Cc1cnn(C)c1.O=C(O)C(F)(F)F.O=C(O)C(F)(F)F. The monoisotopic (exact) mass is 555 g/mol. The molecule has 0 radical (unpaired) electrons. The Balaban J connectivity index is 0.000000426. The van der Waals surface area contributed by atoms with Crippen molar-refractivity contribution in [3.63, 3.8) is 0 Å². The van der Waals surface area contributed by atoms with Crippen LogP contribution in [0.4, 0.5) is 26.3 Å². The fraction of sp³-hybridized carbons (Fsp3) is 0.565. The highest BCUT2D eigenvalue weighted by atomic mass is 19.4. The van der Waals surface area contributed by atoms with Gasteiger partial charge in [0.25, 0.3) is 0 Å². The number of likely N-dealkylation sites (N-methyl/N-ethyl adjacent to an activating group) is 1. The van der Waals surface area contributed by atoms with Crippen molar-refractivity contribution in [3.8, 4) is 0 Å². The number of hydrogen-bond donors (Lipinski definition) is 2. The van der Waals surface area contributed by atoms with Gasteiger partial charge in [-0.2, -0.15) is 31.4 Å². The molecular weight excluding hydrogens is 524 g/mol. The Morgan fingerprint density at radius 1 is 1.08 bits per heavy atom. The number of aliphatic carboxylic acids is 2. The van der Waals surface area contributed by atoms with Gasteiger partial charge >= 0.3 is 24.3 Å². The van der Waals surface area contributed by atoms with Crippen LogP contribution in [0.2, 0.25) is 0 Å². The second-order valence-corrected chi connectivity index (χ2v) is 8.85. The van der Waals surface area contributed by atoms with E-state index < -0.39 is 24.3 Å². The molecule has 1 aliphatic heterocycles. The highest BCUT2D eigenvalue weighted by Gasteiger charge is 2.39. The van der Waals surface area contributed by atoms with Crippen LogP contribution in [0, 0.1) is 0 Å². The first-order valence-corrected chi connectivity index (χ1v) is 11.4. The Morgan fingerprint density at radius 2 is 1.63 bits per heavy atom. The van der Waals surface area contributed by atoms with E-state index in [4.69, 9.17) is 19.8 Å². The summed E-state index contributed by atoms with van der Waals surface area (Å²) in [5.41, 5.74) is 2.62. The average Bonchev–Trinajstić information content (AvgIpc) is 3.39. The van der Waals surface area contributed by atoms with E-state index in [-0.39, 0.29) is 0 Å². The molecule has 0 bridgehead atoms. The summed E-state index contributed by atoms with van der Waals surface area (Å²) in [6.07, 6.45) is 0.0896. The van der Waals surface area contributed by atoms with Crippen molar-refractivity contribution < 1.29 is 46.1 Å². The van der Waals surface area contributed by atoms with Crippen LogP contribution in [0.3, 0.4) is 0 Å². The lowest BCUT2D eigenvalue weighted by atomic mass is 10.00. The maximum atomic E-state index is 10.6. The molecule has 3 heterocycles. The van der Waals surface area contributed by atoms with Gasteiger partial charge in [0.1, 0.15) is 0 Å². The molecule has 2 aromatic heterocycles. The number of carbonyl (C=O) groups is 2. The maximum Gasteiger partial charge on any atom is 0.490 e. The van der Waals surface area contributed by atoms with Gasteiger partial charge in [0.2, 0.25) is 0 Å². The van der Waals surface area contributed by atoms with Gasteiger partial charge < -0.3 is 10.2 Å². The summed E-state index contributed by atoms with van der Waals surface area (Å²) in [4.78, 5) is 27.2. The Bertz CT molecular complexity index is 990. The summed E-state index contributed by atoms with van der Waals surface area (Å²) < 4.78 is 65.4. The van der Waals surface area contributed by atoms with Crippen molar-refractivity contribution in [2.75, 3.05) is 13.6 Å². The third-order valence-corrected chi connectivity index (χ3v) is 5.76. The first-order chi connectivity index (χ1) is 17.4. The van der Waals surface area contributed by atoms with Gasteiger partial charge in [-0.15, -0.1) is 0 Å². The van der Waals surface area contributed by atoms with Gasteiger partial charge in [-0.3, -0.25) is 19.5 Å². The summed E-state index contributed by atoms with van der Waals surface area (Å²) in [5.74, 6) is -5.51. The van der Waals surface area contributed by atoms with Crippen molar-refractivity contribution in [3.05, 3.63) is 48.0 Å². The first-order valence-electron chi connectivity index (χ1n) is 11.4. The highest BCUT2D eigenvalue weighted by Crippen LogP contribution is 2.28. The molecule has 214 valence electrons. The number of halogens is 6. The van der Waals surface area contributed by atoms with E-state index in [0.717, 1.165) is 19.5 Å². The number of nitrogens with zero attached hydrogens (tertiary/aromatic N) is 5. The summed E-state index contributed by atoms with van der Waals surface area (Å²) in [6, 6.07) is 5.86. The third kappa shape index (κ3) is 11.0. The zero-order valence-corrected chi connectivity index (χ0v) is 21.2. The van der Waals surface area contributed by atoms with Gasteiger partial charge in [0.05, 0.1) is 6.20 Å². The van der Waals surface area contributed by atoms with Crippen LogP contribution in [-0.4, -0.2) is 90.8 Å². The van der Waals surface area contributed by atoms with Crippen molar-refractivity contribution >= 4 is 11.9 Å². The van der Waals surface area contributed by atoms with Gasteiger partial charge in [0.15, 0.2) is 0 Å². The molecule has 1 aliphatic rings. The molecule has 0 aliphatic carbocycles. The maximum absolute atomic E-state index is 10.6. The molecular formula is C23H31F6N5O4. The van der Waals surface area contributed by atoms with E-state index in [9.17, 15) is 26.3 Å². The molecule has 9 nitrogen and oxygen atoms in total. The fourth-order valence-corrected chi connectivity index (χ4v) is 3.76. The van der Waals surface area contributed by atoms with E-state index in [0.29, 0.717) is 18.1 Å². The van der Waals surface area contributed by atoms with Crippen molar-refractivity contribution in [2.45, 2.75) is 63.7 Å². The number of carboxylic acid groups (broad SMARTS) is 2. The van der Waals surface area contributed by atoms with Crippen molar-refractivity contribution in [2.24, 2.45) is 7.05 Å². The smallest absolute Gasteiger partial charge is 0.475 e. The molecule has 15 heteroatoms. The number of carboxylic acids is 2. The Morgan fingerprint density at radius 3 is 2.03 bits per heavy atom. The van der Waals surface area contributed by atoms with Crippen molar-refractivity contribution in [1.82, 2.24) is 24.6 Å². The van der Waals surface area contributed by atoms with Crippen LogP contribution in [0.25, 0.3) is 0 Å². The molecule has 38 heavy (non-hydrogen) atoms. The van der Waals surface area contributed by atoms with E-state index >= 15 is 0 Å². The lowest BCUT2D eigenvalue weighted by Gasteiger charge is -2.35. The summed E-state index contributed by atoms with van der Waals surface area (Å²) in [7, 11) is 4.25. The second-order valence-electron chi connectivity index (χ2n) is 8.85. The molecule has 2 N–H and O–H groups in total. The zero-order chi connectivity index (χ0) is 29.3. The van der Waals surface area contributed by atoms with Crippen LogP contribution >= 0.6 is 0 Å². The highest BCUT2D eigenvalue weighted by molar-refractivity contribution is 5.73. The molecule has 0 aromatic carbocycles. The predicted octanol–water partition coefficient (Wildman–Crippen LogP) is 3.61. The van der Waals surface area contributed by atoms with Gasteiger partial charge in [-0.05, 0) is 50.9 Å². The standard InChI is InChI=1S/C19H29N5.2C2HF3O2/c1-15(2)23(4)18-7-9-24(14-16-6-5-8-20-11-16)19(18)10-17-12-21-22(3)13-17;2*3-2(4,5)1(6)7/h5-6,8,11-13,15,18-19H,7,9-10,14H2,1-4H3;2*(H,6,7)/t18-,19+;;/m1../s1. The van der Waals surface area contributed by atoms with Gasteiger partial charge in [0, 0.05) is 56.9 Å². The number of pyridine rings is 1. The summed E-state index contributed by atoms with van der Waals surface area (Å²) >= 11 is 0. The Kier molecular flexibility index (Phi) is 12.2. The van der Waals surface area contributed by atoms with Crippen LogP contribution in [0.1, 0.15) is 31.4 Å². The molecule has 0 saturated carbocycles. The lowest BCUT2D eigenvalue weighted by molar-refractivity contribution is -0.193. The number of aryl methyl sites for hydroxylation is 1. The zero-order valence-electron chi connectivity index (χ0n) is 21.2. The van der Waals surface area contributed by atoms with Gasteiger partial charge in [-0.1, -0.05) is 6.07 Å². The molecule has 0 unspecified atom stereocenters. The number of alkyl halides is 6. The van der Waals surface area contributed by atoms with Crippen LogP contribution in [0.5, 0.6) is 0 Å². The quantitative estimate of drug-likeness (QED) is 0.521. The topological polar surface area (TPSA) is 112 Å². The minimum atomic E-state index is -5.08. The normalized spacial score (nSPS) is 18.0. The predicted molar refractivity (Wildman–Crippen MR) is 124 cm³/mol. The molecule has 1 fully saturated rings. The van der Waals surface area contributed by atoms with E-state index in [1.165, 1.54) is 17.5 Å². The average molecular weight is 556 g/mol. The summed E-state index contributed by atoms with van der Waals surface area (Å²) in [6.45, 7) is 6.68. The van der Waals surface area contributed by atoms with Crippen LogP contribution < -0.4 is 0 Å². The number of rotatable bonds is 6. The fourth-order valence-electron chi connectivity index (χ4n) is 3.76. The minimum Gasteiger partial charge on any atom is -0.475 e. The largest absolute Gasteiger partial charge is 0.490 e. The Hall–Kier alpha value is -3.20. The van der Waals surface area contributed by atoms with Crippen LogP contribution in [0.15, 0.2) is 36.9 Å². The van der Waals surface area contributed by atoms with Crippen LogP contribution in [-0.2, 0) is 29.6 Å². The number of hydrogen-bond acceptors (Lipinski definition) is 6. The number of aromatic nitrogens is 3. The number of likely N-dealkylation sites (tertiary alicyclic amines) is 1. The molecule has 0 amide bonds.